The maximum absolute atomic E-state index is 13.4. The van der Waals surface area contributed by atoms with Crippen LogP contribution in [0.15, 0.2) is 36.4 Å². The Morgan fingerprint density at radius 2 is 2.00 bits per heavy atom. The number of nitrogens with two attached hydrogens (primary N) is 1. The van der Waals surface area contributed by atoms with Gasteiger partial charge in [-0.05, 0) is 67.5 Å². The van der Waals surface area contributed by atoms with Crippen LogP contribution in [0.2, 0.25) is 0 Å². The number of ether oxygens (including phenoxy) is 1. The molecule has 2 aromatic heterocycles. The fourth-order valence-electron chi connectivity index (χ4n) is 4.88. The van der Waals surface area contributed by atoms with Gasteiger partial charge in [0.25, 0.3) is 5.91 Å². The van der Waals surface area contributed by atoms with Crippen LogP contribution in [-0.2, 0) is 11.3 Å². The Morgan fingerprint density at radius 1 is 1.21 bits per heavy atom. The maximum atomic E-state index is 13.4. The maximum Gasteiger partial charge on any atom is 0.407 e. The molecule has 2 fully saturated rings. The number of anilines is 1. The number of primary amides is 1. The highest BCUT2D eigenvalue weighted by Gasteiger charge is 2.46. The van der Waals surface area contributed by atoms with E-state index in [2.05, 4.69) is 20.4 Å². The summed E-state index contributed by atoms with van der Waals surface area (Å²) in [5.41, 5.74) is 6.80. The Labute approximate surface area is 189 Å². The Bertz CT molecular complexity index is 1200. The molecule has 1 saturated carbocycles. The predicted octanol–water partition coefficient (Wildman–Crippen LogP) is 2.87. The minimum atomic E-state index is -0.639. The number of aromatic nitrogens is 3. The molecule has 1 aliphatic heterocycles. The van der Waals surface area contributed by atoms with Gasteiger partial charge < -0.3 is 20.7 Å². The SMILES string of the molecule is NC(=O)c1cc(COC(=O)NC2CC3(CCN(c4ccc5cc(F)ccc5n4)CC3)C2)[nH]n1. The molecule has 3 heterocycles. The minimum absolute atomic E-state index is 0.00959. The molecule has 4 N–H and O–H groups in total. The van der Waals surface area contributed by atoms with E-state index in [9.17, 15) is 14.0 Å². The number of fused-ring (bicyclic) bond motifs is 1. The third kappa shape index (κ3) is 4.46. The minimum Gasteiger partial charge on any atom is -0.443 e. The first-order valence-corrected chi connectivity index (χ1v) is 11.0. The molecule has 3 aromatic rings. The summed E-state index contributed by atoms with van der Waals surface area (Å²) in [6.45, 7) is 1.79. The lowest BCUT2D eigenvalue weighted by molar-refractivity contribution is 0.0468. The lowest BCUT2D eigenvalue weighted by atomic mass is 9.60. The fraction of sp³-hybridized carbons (Fsp3) is 0.391. The summed E-state index contributed by atoms with van der Waals surface area (Å²) in [7, 11) is 0. The summed E-state index contributed by atoms with van der Waals surface area (Å²) in [4.78, 5) is 30.1. The van der Waals surface area contributed by atoms with Gasteiger partial charge in [-0.3, -0.25) is 9.89 Å². The molecule has 172 valence electrons. The predicted molar refractivity (Wildman–Crippen MR) is 119 cm³/mol. The molecule has 0 bridgehead atoms. The Hall–Kier alpha value is -3.69. The number of nitrogens with zero attached hydrogens (tertiary/aromatic N) is 3. The van der Waals surface area contributed by atoms with Gasteiger partial charge in [0.1, 0.15) is 23.9 Å². The van der Waals surface area contributed by atoms with Gasteiger partial charge >= 0.3 is 6.09 Å². The van der Waals surface area contributed by atoms with Crippen molar-refractivity contribution in [1.82, 2.24) is 20.5 Å². The van der Waals surface area contributed by atoms with Gasteiger partial charge in [-0.1, -0.05) is 0 Å². The summed E-state index contributed by atoms with van der Waals surface area (Å²) < 4.78 is 18.6. The number of H-pyrrole nitrogens is 1. The van der Waals surface area contributed by atoms with Crippen molar-refractivity contribution in [3.8, 4) is 0 Å². The molecule has 33 heavy (non-hydrogen) atoms. The molecule has 2 aliphatic rings. The van der Waals surface area contributed by atoms with E-state index < -0.39 is 12.0 Å². The summed E-state index contributed by atoms with van der Waals surface area (Å²) in [5, 5.41) is 10.1. The van der Waals surface area contributed by atoms with Crippen molar-refractivity contribution < 1.29 is 18.7 Å². The van der Waals surface area contributed by atoms with Crippen LogP contribution in [0.4, 0.5) is 15.0 Å². The molecule has 1 spiro atoms. The zero-order chi connectivity index (χ0) is 23.0. The van der Waals surface area contributed by atoms with Gasteiger partial charge in [0, 0.05) is 24.5 Å². The van der Waals surface area contributed by atoms with Crippen molar-refractivity contribution >= 4 is 28.7 Å². The van der Waals surface area contributed by atoms with Crippen LogP contribution in [0.5, 0.6) is 0 Å². The monoisotopic (exact) mass is 452 g/mol. The van der Waals surface area contributed by atoms with Gasteiger partial charge in [0.05, 0.1) is 11.2 Å². The highest BCUT2D eigenvalue weighted by atomic mass is 19.1. The molecule has 1 aromatic carbocycles. The van der Waals surface area contributed by atoms with Gasteiger partial charge in [-0.25, -0.2) is 14.2 Å². The van der Waals surface area contributed by atoms with E-state index in [1.165, 1.54) is 18.2 Å². The second-order valence-corrected chi connectivity index (χ2v) is 8.96. The highest BCUT2D eigenvalue weighted by molar-refractivity contribution is 5.90. The zero-order valence-corrected chi connectivity index (χ0v) is 18.0. The van der Waals surface area contributed by atoms with E-state index >= 15 is 0 Å². The molecule has 5 rings (SSSR count). The second kappa shape index (κ2) is 8.34. The number of piperidine rings is 1. The smallest absolute Gasteiger partial charge is 0.407 e. The average molecular weight is 452 g/mol. The largest absolute Gasteiger partial charge is 0.443 e. The van der Waals surface area contributed by atoms with E-state index in [1.807, 2.05) is 12.1 Å². The number of aromatic amines is 1. The molecule has 1 aliphatic carbocycles. The van der Waals surface area contributed by atoms with Gasteiger partial charge in [0.2, 0.25) is 0 Å². The van der Waals surface area contributed by atoms with E-state index in [0.717, 1.165) is 55.5 Å². The van der Waals surface area contributed by atoms with Crippen molar-refractivity contribution in [2.75, 3.05) is 18.0 Å². The highest BCUT2D eigenvalue weighted by Crippen LogP contribution is 2.49. The van der Waals surface area contributed by atoms with Crippen molar-refractivity contribution in [3.63, 3.8) is 0 Å². The van der Waals surface area contributed by atoms with Crippen molar-refractivity contribution in [2.45, 2.75) is 38.3 Å². The number of rotatable bonds is 5. The van der Waals surface area contributed by atoms with E-state index in [1.54, 1.807) is 6.07 Å². The third-order valence-electron chi connectivity index (χ3n) is 6.71. The number of hydrogen-bond acceptors (Lipinski definition) is 6. The fourth-order valence-corrected chi connectivity index (χ4v) is 4.88. The number of halogens is 1. The molecule has 0 radical (unpaired) electrons. The first kappa shape index (κ1) is 21.2. The lowest BCUT2D eigenvalue weighted by Gasteiger charge is -2.52. The molecule has 9 nitrogen and oxygen atoms in total. The van der Waals surface area contributed by atoms with Crippen molar-refractivity contribution in [2.24, 2.45) is 11.1 Å². The normalized spacial score (nSPS) is 17.7. The summed E-state index contributed by atoms with van der Waals surface area (Å²) in [6, 6.07) is 10.1. The van der Waals surface area contributed by atoms with Crippen LogP contribution in [-0.4, -0.2) is 46.3 Å². The number of nitrogens with one attached hydrogen (secondary N) is 2. The number of benzene rings is 1. The Balaban J connectivity index is 1.08. The number of carbonyl (C=O) groups excluding carboxylic acids is 2. The standard InChI is InChI=1S/C23H25FN6O3/c24-15-2-3-18-14(9-15)1-4-20(27-18)30-7-5-23(6-8-30)11-17(12-23)26-22(32)33-13-16-10-19(21(25)31)29-28-16/h1-4,9-10,17H,5-8,11-13H2,(H2,25,31)(H,26,32)(H,28,29). The molecule has 0 unspecified atom stereocenters. The summed E-state index contributed by atoms with van der Waals surface area (Å²) in [5.74, 6) is 0.0203. The van der Waals surface area contributed by atoms with Crippen molar-refractivity contribution in [3.05, 3.63) is 53.6 Å². The third-order valence-corrected chi connectivity index (χ3v) is 6.71. The lowest BCUT2D eigenvalue weighted by Crippen LogP contribution is -2.55. The van der Waals surface area contributed by atoms with Crippen LogP contribution in [0.25, 0.3) is 10.9 Å². The van der Waals surface area contributed by atoms with Gasteiger partial charge in [-0.2, -0.15) is 5.10 Å². The molecule has 0 atom stereocenters. The van der Waals surface area contributed by atoms with Crippen LogP contribution < -0.4 is 16.0 Å². The first-order chi connectivity index (χ1) is 15.9. The van der Waals surface area contributed by atoms with E-state index in [0.29, 0.717) is 5.69 Å². The van der Waals surface area contributed by atoms with Crippen LogP contribution in [0, 0.1) is 11.2 Å². The van der Waals surface area contributed by atoms with E-state index in [4.69, 9.17) is 15.5 Å². The van der Waals surface area contributed by atoms with Crippen molar-refractivity contribution in [1.29, 1.82) is 0 Å². The number of hydrogen-bond donors (Lipinski definition) is 3. The molecule has 2 amide bonds. The van der Waals surface area contributed by atoms with Gasteiger partial charge in [0.15, 0.2) is 0 Å². The van der Waals surface area contributed by atoms with E-state index in [-0.39, 0.29) is 29.6 Å². The molecular formula is C23H25FN6O3. The first-order valence-electron chi connectivity index (χ1n) is 11.0. The number of pyridine rings is 1. The number of amides is 2. The Morgan fingerprint density at radius 3 is 2.73 bits per heavy atom. The summed E-state index contributed by atoms with van der Waals surface area (Å²) >= 11 is 0. The number of carbonyl (C=O) groups is 2. The number of alkyl carbamates (subject to hydrolysis) is 1. The quantitative estimate of drug-likeness (QED) is 0.546. The van der Waals surface area contributed by atoms with Gasteiger partial charge in [-0.15, -0.1) is 0 Å². The van der Waals surface area contributed by atoms with Crippen LogP contribution in [0.1, 0.15) is 41.9 Å². The second-order valence-electron chi connectivity index (χ2n) is 8.96. The van der Waals surface area contributed by atoms with Crippen LogP contribution >= 0.6 is 0 Å². The summed E-state index contributed by atoms with van der Waals surface area (Å²) in [6.07, 6.45) is 3.44. The molecule has 1 saturated heterocycles. The Kier molecular flexibility index (Phi) is 5.35. The molecular weight excluding hydrogens is 427 g/mol. The average Bonchev–Trinajstić information content (AvgIpc) is 3.26. The molecule has 10 heteroatoms. The topological polar surface area (TPSA) is 126 Å². The van der Waals surface area contributed by atoms with Crippen LogP contribution in [0.3, 0.4) is 0 Å². The zero-order valence-electron chi connectivity index (χ0n) is 18.0.